The Morgan fingerprint density at radius 3 is 2.68 bits per heavy atom. The van der Waals surface area contributed by atoms with Crippen molar-refractivity contribution in [1.82, 2.24) is 44.7 Å². The van der Waals surface area contributed by atoms with Gasteiger partial charge in [0, 0.05) is 36.6 Å². The average molecular weight is 407 g/mol. The molecule has 0 aromatic carbocycles. The summed E-state index contributed by atoms with van der Waals surface area (Å²) in [4.78, 5) is 25.9. The number of hydrogen-bond donors (Lipinski definition) is 2. The zero-order valence-electron chi connectivity index (χ0n) is 16.8. The van der Waals surface area contributed by atoms with Crippen molar-refractivity contribution < 1.29 is 0 Å². The molecule has 6 heterocycles. The van der Waals surface area contributed by atoms with E-state index < -0.39 is 0 Å². The largest absolute Gasteiger partial charge is 0.336 e. The van der Waals surface area contributed by atoms with E-state index in [1.54, 1.807) is 24.8 Å². The molecule has 0 radical (unpaired) electrons. The Hall–Kier alpha value is -4.40. The van der Waals surface area contributed by atoms with Crippen molar-refractivity contribution >= 4 is 21.9 Å². The maximum atomic E-state index is 4.84. The predicted octanol–water partition coefficient (Wildman–Crippen LogP) is 3.67. The number of pyridine rings is 3. The molecular weight excluding hydrogens is 390 g/mol. The standard InChI is InChI=1S/C22H17N9/c1-12-25-11-18(31(12)2)16-8-14-17(10-26-16)29-30-20(14)22-27-15-5-7-24-19(21(15)28-22)13-4-3-6-23-9-13/h3-11H,1-2H3,(H,27,28)(H,29,30). The van der Waals surface area contributed by atoms with Crippen molar-refractivity contribution in [3.8, 4) is 34.2 Å². The molecule has 0 aliphatic rings. The minimum absolute atomic E-state index is 0.665. The first-order chi connectivity index (χ1) is 15.2. The number of aryl methyl sites for hydroxylation is 1. The molecule has 6 aromatic rings. The number of nitrogens with one attached hydrogen (secondary N) is 2. The lowest BCUT2D eigenvalue weighted by molar-refractivity contribution is 0.862. The number of nitrogens with zero attached hydrogens (tertiary/aromatic N) is 7. The van der Waals surface area contributed by atoms with Crippen LogP contribution < -0.4 is 0 Å². The number of fused-ring (bicyclic) bond motifs is 2. The van der Waals surface area contributed by atoms with Crippen molar-refractivity contribution in [2.45, 2.75) is 6.92 Å². The monoisotopic (exact) mass is 407 g/mol. The Kier molecular flexibility index (Phi) is 3.69. The molecule has 0 atom stereocenters. The average Bonchev–Trinajstić information content (AvgIpc) is 3.50. The summed E-state index contributed by atoms with van der Waals surface area (Å²) in [5.74, 6) is 1.59. The van der Waals surface area contributed by atoms with Gasteiger partial charge < -0.3 is 9.55 Å². The molecule has 0 bridgehead atoms. The highest BCUT2D eigenvalue weighted by molar-refractivity contribution is 5.96. The van der Waals surface area contributed by atoms with Crippen molar-refractivity contribution in [2.75, 3.05) is 0 Å². The van der Waals surface area contributed by atoms with Crippen LogP contribution in [0.15, 0.2) is 55.2 Å². The summed E-state index contributed by atoms with van der Waals surface area (Å²) in [5, 5.41) is 8.50. The summed E-state index contributed by atoms with van der Waals surface area (Å²) in [6.45, 7) is 1.97. The normalized spacial score (nSPS) is 11.5. The van der Waals surface area contributed by atoms with Gasteiger partial charge in [-0.25, -0.2) is 9.97 Å². The molecule has 0 saturated carbocycles. The second-order valence-corrected chi connectivity index (χ2v) is 7.32. The van der Waals surface area contributed by atoms with Crippen LogP contribution >= 0.6 is 0 Å². The Morgan fingerprint density at radius 1 is 0.935 bits per heavy atom. The number of rotatable bonds is 3. The van der Waals surface area contributed by atoms with Gasteiger partial charge in [-0.15, -0.1) is 0 Å². The van der Waals surface area contributed by atoms with Crippen LogP contribution in [0.5, 0.6) is 0 Å². The highest BCUT2D eigenvalue weighted by Gasteiger charge is 2.17. The summed E-state index contributed by atoms with van der Waals surface area (Å²) in [6.07, 6.45) is 8.91. The van der Waals surface area contributed by atoms with E-state index in [4.69, 9.17) is 4.98 Å². The van der Waals surface area contributed by atoms with Gasteiger partial charge in [0.2, 0.25) is 0 Å². The molecule has 0 amide bonds. The van der Waals surface area contributed by atoms with Gasteiger partial charge in [-0.05, 0) is 31.2 Å². The van der Waals surface area contributed by atoms with E-state index in [9.17, 15) is 0 Å². The summed E-state index contributed by atoms with van der Waals surface area (Å²) in [5.41, 5.74) is 6.69. The molecule has 0 fully saturated rings. The van der Waals surface area contributed by atoms with Crippen LogP contribution in [0.1, 0.15) is 5.82 Å². The molecule has 0 spiro atoms. The molecule has 2 N–H and O–H groups in total. The molecule has 9 nitrogen and oxygen atoms in total. The zero-order chi connectivity index (χ0) is 20.9. The Morgan fingerprint density at radius 2 is 1.87 bits per heavy atom. The quantitative estimate of drug-likeness (QED) is 0.463. The summed E-state index contributed by atoms with van der Waals surface area (Å²) < 4.78 is 2.01. The van der Waals surface area contributed by atoms with E-state index >= 15 is 0 Å². The fraction of sp³-hybridized carbons (Fsp3) is 0.0909. The molecule has 150 valence electrons. The van der Waals surface area contributed by atoms with Crippen LogP contribution in [0.3, 0.4) is 0 Å². The van der Waals surface area contributed by atoms with E-state index in [2.05, 4.69) is 35.1 Å². The third kappa shape index (κ3) is 2.71. The van der Waals surface area contributed by atoms with Gasteiger partial charge >= 0.3 is 0 Å². The SMILES string of the molecule is Cc1ncc(-c2cc3c(-c4nc5c(-c6cccnc6)nccc5[nH]4)n[nH]c3cn2)n1C. The molecule has 0 saturated heterocycles. The van der Waals surface area contributed by atoms with Gasteiger partial charge in [-0.1, -0.05) is 0 Å². The summed E-state index contributed by atoms with van der Waals surface area (Å²) in [6, 6.07) is 7.78. The van der Waals surface area contributed by atoms with Gasteiger partial charge in [-0.3, -0.25) is 20.1 Å². The summed E-state index contributed by atoms with van der Waals surface area (Å²) in [7, 11) is 1.98. The second-order valence-electron chi connectivity index (χ2n) is 7.32. The van der Waals surface area contributed by atoms with Crippen LogP contribution in [0.4, 0.5) is 0 Å². The second kappa shape index (κ2) is 6.56. The maximum absolute atomic E-state index is 4.84. The van der Waals surface area contributed by atoms with Crippen LogP contribution in [-0.4, -0.2) is 44.7 Å². The van der Waals surface area contributed by atoms with Gasteiger partial charge in [0.1, 0.15) is 17.0 Å². The number of aromatic nitrogens is 9. The van der Waals surface area contributed by atoms with Crippen LogP contribution in [0, 0.1) is 6.92 Å². The van der Waals surface area contributed by atoms with Crippen molar-refractivity contribution in [3.05, 3.63) is 61.1 Å². The molecule has 9 heteroatoms. The van der Waals surface area contributed by atoms with Gasteiger partial charge in [0.15, 0.2) is 5.82 Å². The maximum Gasteiger partial charge on any atom is 0.159 e. The first kappa shape index (κ1) is 17.5. The van der Waals surface area contributed by atoms with Crippen LogP contribution in [-0.2, 0) is 7.05 Å². The predicted molar refractivity (Wildman–Crippen MR) is 117 cm³/mol. The fourth-order valence-electron chi connectivity index (χ4n) is 3.74. The molecule has 6 aromatic heterocycles. The highest BCUT2D eigenvalue weighted by atomic mass is 15.1. The smallest absolute Gasteiger partial charge is 0.159 e. The van der Waals surface area contributed by atoms with E-state index in [1.807, 2.05) is 49.0 Å². The fourth-order valence-corrected chi connectivity index (χ4v) is 3.74. The number of aromatic amines is 2. The molecular formula is C22H17N9. The Labute approximate surface area is 176 Å². The lowest BCUT2D eigenvalue weighted by atomic mass is 10.1. The topological polar surface area (TPSA) is 114 Å². The van der Waals surface area contributed by atoms with Crippen molar-refractivity contribution in [1.29, 1.82) is 0 Å². The van der Waals surface area contributed by atoms with E-state index in [1.165, 1.54) is 0 Å². The van der Waals surface area contributed by atoms with Gasteiger partial charge in [-0.2, -0.15) is 5.10 Å². The van der Waals surface area contributed by atoms with Crippen molar-refractivity contribution in [2.24, 2.45) is 7.05 Å². The summed E-state index contributed by atoms with van der Waals surface area (Å²) >= 11 is 0. The van der Waals surface area contributed by atoms with Crippen LogP contribution in [0.25, 0.3) is 56.1 Å². The number of imidazole rings is 2. The highest BCUT2D eigenvalue weighted by Crippen LogP contribution is 2.31. The third-order valence-corrected chi connectivity index (χ3v) is 5.49. The molecule has 6 rings (SSSR count). The Bertz CT molecular complexity index is 1560. The first-order valence-electron chi connectivity index (χ1n) is 9.77. The Balaban J connectivity index is 1.52. The van der Waals surface area contributed by atoms with E-state index in [-0.39, 0.29) is 0 Å². The van der Waals surface area contributed by atoms with E-state index in [0.717, 1.165) is 56.1 Å². The minimum Gasteiger partial charge on any atom is -0.336 e. The molecule has 0 unspecified atom stereocenters. The lowest BCUT2D eigenvalue weighted by Gasteiger charge is -2.03. The molecule has 31 heavy (non-hydrogen) atoms. The third-order valence-electron chi connectivity index (χ3n) is 5.49. The lowest BCUT2D eigenvalue weighted by Crippen LogP contribution is -1.95. The van der Waals surface area contributed by atoms with Gasteiger partial charge in [0.05, 0.1) is 40.5 Å². The van der Waals surface area contributed by atoms with Crippen LogP contribution in [0.2, 0.25) is 0 Å². The number of H-pyrrole nitrogens is 2. The number of hydrogen-bond acceptors (Lipinski definition) is 6. The zero-order valence-corrected chi connectivity index (χ0v) is 16.8. The van der Waals surface area contributed by atoms with Gasteiger partial charge in [0.25, 0.3) is 0 Å². The minimum atomic E-state index is 0.665. The first-order valence-corrected chi connectivity index (χ1v) is 9.77. The van der Waals surface area contributed by atoms with Crippen molar-refractivity contribution in [3.63, 3.8) is 0 Å². The molecule has 0 aliphatic heterocycles. The van der Waals surface area contributed by atoms with E-state index in [0.29, 0.717) is 5.82 Å². The molecule has 0 aliphatic carbocycles.